The maximum Gasteiger partial charge on any atom is 0.227 e. The lowest BCUT2D eigenvalue weighted by molar-refractivity contribution is 0.620. The molecule has 2 aromatic heterocycles. The number of oxazole rings is 1. The summed E-state index contributed by atoms with van der Waals surface area (Å²) >= 11 is 0. The van der Waals surface area contributed by atoms with Crippen LogP contribution >= 0.6 is 0 Å². The molecule has 0 N–H and O–H groups in total. The number of hydrogen-bond acceptors (Lipinski definition) is 2. The van der Waals surface area contributed by atoms with Crippen LogP contribution in [-0.2, 0) is 0 Å². The molecule has 0 saturated heterocycles. The summed E-state index contributed by atoms with van der Waals surface area (Å²) in [5.41, 5.74) is 11.6. The number of rotatable bonds is 6. The lowest BCUT2D eigenvalue weighted by Gasteiger charge is -2.10. The Morgan fingerprint density at radius 1 is 0.585 bits per heavy atom. The summed E-state index contributed by atoms with van der Waals surface area (Å²) in [5, 5.41) is 8.39. The fourth-order valence-electron chi connectivity index (χ4n) is 7.74. The topological polar surface area (TPSA) is 31.0 Å². The Hall–Kier alpha value is -6.97. The molecule has 250 valence electrons. The molecule has 0 aliphatic carbocycles. The first-order chi connectivity index (χ1) is 26.1. The van der Waals surface area contributed by atoms with Gasteiger partial charge in [-0.1, -0.05) is 110 Å². The average molecular weight is 679 g/mol. The van der Waals surface area contributed by atoms with Gasteiger partial charge < -0.3 is 8.98 Å². The van der Waals surface area contributed by atoms with Gasteiger partial charge in [0.05, 0.1) is 11.2 Å². The monoisotopic (exact) mass is 678 g/mol. The molecule has 0 aliphatic rings. The highest BCUT2D eigenvalue weighted by Gasteiger charge is 2.18. The second-order valence-corrected chi connectivity index (χ2v) is 13.8. The first-order valence-corrected chi connectivity index (χ1v) is 18.0. The van der Waals surface area contributed by atoms with Gasteiger partial charge in [0.25, 0.3) is 0 Å². The standard InChI is InChI=1S/C50H34N2O/c1-3-47-44(26-32(2)36-18-16-33-10-4-6-12-37(33)27-36)45-29-42(41-19-17-34-11-5-7-13-38(34)28-41)22-25-48(45)52(47)43-23-20-35(21-24-43)50-51-46-30-39-14-8-9-15-40(39)31-49(46)53-50/h3-31H,1H2,2H3/b32-26+. The molecule has 3 nitrogen and oxygen atoms in total. The Balaban J connectivity index is 1.12. The molecule has 3 heteroatoms. The minimum atomic E-state index is 0.609. The Kier molecular flexibility index (Phi) is 7.19. The molecule has 0 spiro atoms. The number of hydrogen-bond donors (Lipinski definition) is 0. The lowest BCUT2D eigenvalue weighted by Crippen LogP contribution is -1.97. The van der Waals surface area contributed by atoms with Crippen LogP contribution in [-0.4, -0.2) is 9.55 Å². The molecule has 0 bridgehead atoms. The van der Waals surface area contributed by atoms with Gasteiger partial charge in [-0.3, -0.25) is 0 Å². The Morgan fingerprint density at radius 2 is 1.17 bits per heavy atom. The summed E-state index contributed by atoms with van der Waals surface area (Å²) < 4.78 is 8.59. The summed E-state index contributed by atoms with van der Waals surface area (Å²) in [6.45, 7) is 6.55. The zero-order chi connectivity index (χ0) is 35.5. The first kappa shape index (κ1) is 30.8. The summed E-state index contributed by atoms with van der Waals surface area (Å²) in [7, 11) is 0. The zero-order valence-electron chi connectivity index (χ0n) is 29.3. The predicted molar refractivity (Wildman–Crippen MR) is 224 cm³/mol. The molecule has 8 aromatic carbocycles. The van der Waals surface area contributed by atoms with E-state index in [4.69, 9.17) is 9.40 Å². The van der Waals surface area contributed by atoms with Crippen LogP contribution in [0.1, 0.15) is 23.7 Å². The normalized spacial score (nSPS) is 12.1. The Labute approximate surface area is 307 Å². The van der Waals surface area contributed by atoms with Crippen molar-refractivity contribution in [2.45, 2.75) is 6.92 Å². The lowest BCUT2D eigenvalue weighted by atomic mass is 9.97. The molecule has 0 fully saturated rings. The van der Waals surface area contributed by atoms with Gasteiger partial charge in [0.15, 0.2) is 5.58 Å². The number of aromatic nitrogens is 2. The van der Waals surface area contributed by atoms with E-state index in [0.29, 0.717) is 5.89 Å². The molecule has 0 amide bonds. The van der Waals surface area contributed by atoms with Gasteiger partial charge in [-0.05, 0) is 134 Å². The molecule has 10 aromatic rings. The van der Waals surface area contributed by atoms with Gasteiger partial charge in [-0.15, -0.1) is 0 Å². The number of fused-ring (bicyclic) bond motifs is 5. The molecular formula is C50H34N2O. The molecular weight excluding hydrogens is 645 g/mol. The third-order valence-electron chi connectivity index (χ3n) is 10.5. The molecule has 0 atom stereocenters. The fourth-order valence-corrected chi connectivity index (χ4v) is 7.74. The van der Waals surface area contributed by atoms with Gasteiger partial charge >= 0.3 is 0 Å². The van der Waals surface area contributed by atoms with Crippen molar-refractivity contribution in [3.63, 3.8) is 0 Å². The Bertz CT molecular complexity index is 3030. The largest absolute Gasteiger partial charge is 0.436 e. The highest BCUT2D eigenvalue weighted by atomic mass is 16.3. The van der Waals surface area contributed by atoms with Gasteiger partial charge in [-0.25, -0.2) is 4.98 Å². The smallest absolute Gasteiger partial charge is 0.227 e. The summed E-state index contributed by atoms with van der Waals surface area (Å²) in [4.78, 5) is 4.86. The van der Waals surface area contributed by atoms with Crippen LogP contribution in [0.15, 0.2) is 175 Å². The van der Waals surface area contributed by atoms with Crippen LogP contribution < -0.4 is 0 Å². The molecule has 0 radical (unpaired) electrons. The van der Waals surface area contributed by atoms with Crippen LogP contribution in [0, 0.1) is 0 Å². The molecule has 53 heavy (non-hydrogen) atoms. The van der Waals surface area contributed by atoms with Gasteiger partial charge in [0.2, 0.25) is 5.89 Å². The van der Waals surface area contributed by atoms with Crippen LogP contribution in [0.5, 0.6) is 0 Å². The number of nitrogens with zero attached hydrogens (tertiary/aromatic N) is 2. The van der Waals surface area contributed by atoms with E-state index in [9.17, 15) is 0 Å². The van der Waals surface area contributed by atoms with E-state index in [1.54, 1.807) is 0 Å². The van der Waals surface area contributed by atoms with Crippen LogP contribution in [0.2, 0.25) is 0 Å². The van der Waals surface area contributed by atoms with Crippen molar-refractivity contribution < 1.29 is 4.42 Å². The quantitative estimate of drug-likeness (QED) is 0.175. The van der Waals surface area contributed by atoms with E-state index in [1.807, 2.05) is 18.2 Å². The van der Waals surface area contributed by atoms with Crippen LogP contribution in [0.3, 0.4) is 0 Å². The van der Waals surface area contributed by atoms with Crippen molar-refractivity contribution in [3.8, 4) is 28.3 Å². The minimum absolute atomic E-state index is 0.609. The van der Waals surface area contributed by atoms with E-state index >= 15 is 0 Å². The minimum Gasteiger partial charge on any atom is -0.436 e. The fraction of sp³-hybridized carbons (Fsp3) is 0.0200. The summed E-state index contributed by atoms with van der Waals surface area (Å²) in [5.74, 6) is 0.609. The van der Waals surface area contributed by atoms with Crippen molar-refractivity contribution in [1.82, 2.24) is 9.55 Å². The van der Waals surface area contributed by atoms with E-state index in [1.165, 1.54) is 49.2 Å². The van der Waals surface area contributed by atoms with Gasteiger partial charge in [-0.2, -0.15) is 0 Å². The van der Waals surface area contributed by atoms with E-state index in [-0.39, 0.29) is 0 Å². The Morgan fingerprint density at radius 3 is 1.89 bits per heavy atom. The zero-order valence-corrected chi connectivity index (χ0v) is 29.3. The molecule has 0 aliphatic heterocycles. The van der Waals surface area contributed by atoms with Crippen LogP contribution in [0.25, 0.3) is 100 Å². The molecule has 0 saturated carbocycles. The van der Waals surface area contributed by atoms with Crippen molar-refractivity contribution in [1.29, 1.82) is 0 Å². The molecule has 10 rings (SSSR count). The highest BCUT2D eigenvalue weighted by Crippen LogP contribution is 2.38. The first-order valence-electron chi connectivity index (χ1n) is 18.0. The van der Waals surface area contributed by atoms with Crippen molar-refractivity contribution >= 4 is 72.0 Å². The van der Waals surface area contributed by atoms with E-state index in [2.05, 4.69) is 176 Å². The van der Waals surface area contributed by atoms with E-state index < -0.39 is 0 Å². The molecule has 0 unspecified atom stereocenters. The third-order valence-corrected chi connectivity index (χ3v) is 10.5. The SMILES string of the molecule is C=Cc1c(/C=C(\C)c2ccc3ccccc3c2)c2cc(-c3ccc4ccccc4c3)ccc2n1-c1ccc(-c2nc3cc4ccccc4cc3o2)cc1. The van der Waals surface area contributed by atoms with Gasteiger partial charge in [0, 0.05) is 22.2 Å². The average Bonchev–Trinajstić information content (AvgIpc) is 3.77. The van der Waals surface area contributed by atoms with Crippen molar-refractivity contribution in [3.05, 3.63) is 187 Å². The van der Waals surface area contributed by atoms with E-state index in [0.717, 1.165) is 49.9 Å². The second-order valence-electron chi connectivity index (χ2n) is 13.8. The number of allylic oxidation sites excluding steroid dienone is 1. The molecule has 2 heterocycles. The van der Waals surface area contributed by atoms with Crippen molar-refractivity contribution in [2.24, 2.45) is 0 Å². The maximum absolute atomic E-state index is 6.28. The van der Waals surface area contributed by atoms with Gasteiger partial charge in [0.1, 0.15) is 5.52 Å². The van der Waals surface area contributed by atoms with Crippen molar-refractivity contribution in [2.75, 3.05) is 0 Å². The second kappa shape index (κ2) is 12.4. The number of benzene rings is 8. The summed E-state index contributed by atoms with van der Waals surface area (Å²) in [6, 6.07) is 58.2. The van der Waals surface area contributed by atoms with Crippen LogP contribution in [0.4, 0.5) is 0 Å². The third kappa shape index (κ3) is 5.33. The predicted octanol–water partition coefficient (Wildman–Crippen LogP) is 13.8. The summed E-state index contributed by atoms with van der Waals surface area (Å²) in [6.07, 6.45) is 4.30. The maximum atomic E-state index is 6.28. The highest BCUT2D eigenvalue weighted by molar-refractivity contribution is 6.02.